The monoisotopic (exact) mass is 412 g/mol. The zero-order valence-electron chi connectivity index (χ0n) is 14.1. The molecule has 0 aromatic heterocycles. The number of nitrogens with one attached hydrogen (secondary N) is 2. The van der Waals surface area contributed by atoms with Gasteiger partial charge in [-0.25, -0.2) is 4.39 Å². The van der Waals surface area contributed by atoms with Crippen LogP contribution in [0.5, 0.6) is 0 Å². The maximum absolute atomic E-state index is 13.1. The van der Waals surface area contributed by atoms with E-state index in [-0.39, 0.29) is 16.3 Å². The average molecular weight is 413 g/mol. The molecule has 142 valence electrons. The van der Waals surface area contributed by atoms with Gasteiger partial charge in [-0.3, -0.25) is 14.4 Å². The number of carbonyl (C=O) groups is 3. The Morgan fingerprint density at radius 2 is 1.89 bits per heavy atom. The molecule has 0 saturated heterocycles. The van der Waals surface area contributed by atoms with Gasteiger partial charge in [0.05, 0.1) is 10.7 Å². The van der Waals surface area contributed by atoms with Gasteiger partial charge in [0.1, 0.15) is 12.4 Å². The molecule has 0 heterocycles. The van der Waals surface area contributed by atoms with E-state index in [0.717, 1.165) is 6.07 Å². The van der Waals surface area contributed by atoms with E-state index in [9.17, 15) is 18.8 Å². The Balaban J connectivity index is 1.84. The summed E-state index contributed by atoms with van der Waals surface area (Å²) in [7, 11) is 0. The minimum Gasteiger partial charge on any atom is -0.451 e. The summed E-state index contributed by atoms with van der Waals surface area (Å²) in [5, 5.41) is 5.42. The first-order chi connectivity index (χ1) is 12.8. The van der Waals surface area contributed by atoms with Crippen LogP contribution in [-0.4, -0.2) is 30.4 Å². The van der Waals surface area contributed by atoms with Crippen molar-refractivity contribution < 1.29 is 23.5 Å². The standard InChI is InChI=1S/C18H15Cl2FN2O4/c1-10(17(25)23-15-8-12(19)5-6-14(15)20)27-16(24)9-22-18(26)11-3-2-4-13(21)7-11/h2-8,10H,9H2,1H3,(H,22,26)(H,23,25)/t10-/m1/s1. The fourth-order valence-electron chi connectivity index (χ4n) is 2.00. The van der Waals surface area contributed by atoms with Gasteiger partial charge >= 0.3 is 5.97 Å². The lowest BCUT2D eigenvalue weighted by atomic mass is 10.2. The van der Waals surface area contributed by atoms with Gasteiger partial charge in [0.15, 0.2) is 6.10 Å². The van der Waals surface area contributed by atoms with Gasteiger partial charge in [0.2, 0.25) is 0 Å². The van der Waals surface area contributed by atoms with Gasteiger partial charge in [0, 0.05) is 10.6 Å². The molecule has 0 fully saturated rings. The molecule has 0 unspecified atom stereocenters. The summed E-state index contributed by atoms with van der Waals surface area (Å²) >= 11 is 11.8. The molecule has 6 nitrogen and oxygen atoms in total. The van der Waals surface area contributed by atoms with Crippen LogP contribution in [0.2, 0.25) is 10.0 Å². The van der Waals surface area contributed by atoms with Gasteiger partial charge in [-0.05, 0) is 43.3 Å². The number of halogens is 3. The van der Waals surface area contributed by atoms with Crippen molar-refractivity contribution in [1.82, 2.24) is 5.32 Å². The SMILES string of the molecule is C[C@@H](OC(=O)CNC(=O)c1cccc(F)c1)C(=O)Nc1cc(Cl)ccc1Cl. The zero-order chi connectivity index (χ0) is 20.0. The van der Waals surface area contributed by atoms with Crippen LogP contribution in [0.25, 0.3) is 0 Å². The van der Waals surface area contributed by atoms with Crippen LogP contribution < -0.4 is 10.6 Å². The summed E-state index contributed by atoms with van der Waals surface area (Å²) in [4.78, 5) is 35.7. The van der Waals surface area contributed by atoms with Crippen LogP contribution in [0, 0.1) is 5.82 Å². The molecule has 2 rings (SSSR count). The van der Waals surface area contributed by atoms with Gasteiger partial charge < -0.3 is 15.4 Å². The number of anilines is 1. The molecule has 2 aromatic rings. The molecule has 0 aliphatic carbocycles. The summed E-state index contributed by atoms with van der Waals surface area (Å²) in [5.74, 6) is -2.67. The summed E-state index contributed by atoms with van der Waals surface area (Å²) in [6.07, 6.45) is -1.14. The Morgan fingerprint density at radius 3 is 2.59 bits per heavy atom. The molecule has 2 N–H and O–H groups in total. The van der Waals surface area contributed by atoms with E-state index in [1.165, 1.54) is 37.3 Å². The zero-order valence-corrected chi connectivity index (χ0v) is 15.6. The molecule has 0 aliphatic heterocycles. The third kappa shape index (κ3) is 6.23. The molecular formula is C18H15Cl2FN2O4. The highest BCUT2D eigenvalue weighted by Gasteiger charge is 2.19. The topological polar surface area (TPSA) is 84.5 Å². The molecule has 0 saturated carbocycles. The highest BCUT2D eigenvalue weighted by atomic mass is 35.5. The van der Waals surface area contributed by atoms with Crippen LogP contribution >= 0.6 is 23.2 Å². The molecule has 0 spiro atoms. The number of hydrogen-bond donors (Lipinski definition) is 2. The lowest BCUT2D eigenvalue weighted by Gasteiger charge is -2.14. The second-order valence-corrected chi connectivity index (χ2v) is 6.28. The lowest BCUT2D eigenvalue weighted by molar-refractivity contribution is -0.152. The van der Waals surface area contributed by atoms with E-state index in [1.807, 2.05) is 0 Å². The molecule has 0 bridgehead atoms. The van der Waals surface area contributed by atoms with Gasteiger partial charge in [-0.2, -0.15) is 0 Å². The van der Waals surface area contributed by atoms with Crippen LogP contribution in [0.1, 0.15) is 17.3 Å². The van der Waals surface area contributed by atoms with Crippen LogP contribution in [-0.2, 0) is 14.3 Å². The maximum Gasteiger partial charge on any atom is 0.326 e. The highest BCUT2D eigenvalue weighted by molar-refractivity contribution is 6.35. The lowest BCUT2D eigenvalue weighted by Crippen LogP contribution is -2.35. The van der Waals surface area contributed by atoms with E-state index in [1.54, 1.807) is 6.07 Å². The van der Waals surface area contributed by atoms with Crippen molar-refractivity contribution in [3.8, 4) is 0 Å². The van der Waals surface area contributed by atoms with E-state index in [4.69, 9.17) is 27.9 Å². The van der Waals surface area contributed by atoms with Crippen molar-refractivity contribution in [3.05, 3.63) is 63.9 Å². The van der Waals surface area contributed by atoms with E-state index in [0.29, 0.717) is 5.02 Å². The fourth-order valence-corrected chi connectivity index (χ4v) is 2.34. The first-order valence-corrected chi connectivity index (χ1v) is 8.51. The molecule has 0 radical (unpaired) electrons. The third-order valence-corrected chi connectivity index (χ3v) is 3.91. The molecule has 1 atom stereocenters. The highest BCUT2D eigenvalue weighted by Crippen LogP contribution is 2.25. The van der Waals surface area contributed by atoms with Crippen molar-refractivity contribution in [2.45, 2.75) is 13.0 Å². The largest absolute Gasteiger partial charge is 0.451 e. The summed E-state index contributed by atoms with van der Waals surface area (Å²) in [6, 6.07) is 9.52. The van der Waals surface area contributed by atoms with Crippen molar-refractivity contribution >= 4 is 46.7 Å². The van der Waals surface area contributed by atoms with E-state index >= 15 is 0 Å². The average Bonchev–Trinajstić information content (AvgIpc) is 2.62. The first-order valence-electron chi connectivity index (χ1n) is 7.75. The predicted molar refractivity (Wildman–Crippen MR) is 99.4 cm³/mol. The van der Waals surface area contributed by atoms with Crippen molar-refractivity contribution in [2.75, 3.05) is 11.9 Å². The number of amides is 2. The van der Waals surface area contributed by atoms with Crippen molar-refractivity contribution in [1.29, 1.82) is 0 Å². The third-order valence-electron chi connectivity index (χ3n) is 3.34. The van der Waals surface area contributed by atoms with Crippen molar-refractivity contribution in [3.63, 3.8) is 0 Å². The van der Waals surface area contributed by atoms with E-state index in [2.05, 4.69) is 10.6 Å². The van der Waals surface area contributed by atoms with Crippen LogP contribution in [0.15, 0.2) is 42.5 Å². The summed E-state index contributed by atoms with van der Waals surface area (Å²) in [6.45, 7) is 0.880. The molecule has 27 heavy (non-hydrogen) atoms. The van der Waals surface area contributed by atoms with E-state index < -0.39 is 36.2 Å². The predicted octanol–water partition coefficient (Wildman–Crippen LogP) is 3.43. The Bertz CT molecular complexity index is 876. The smallest absolute Gasteiger partial charge is 0.326 e. The van der Waals surface area contributed by atoms with Crippen LogP contribution in [0.3, 0.4) is 0 Å². The second kappa shape index (κ2) is 9.34. The summed E-state index contributed by atoms with van der Waals surface area (Å²) in [5.41, 5.74) is 0.334. The minimum atomic E-state index is -1.14. The molecule has 0 aliphatic rings. The fraction of sp³-hybridized carbons (Fsp3) is 0.167. The number of benzene rings is 2. The quantitative estimate of drug-likeness (QED) is 0.711. The molecule has 2 amide bonds. The molecule has 9 heteroatoms. The Labute approximate surface area is 164 Å². The Hall–Kier alpha value is -2.64. The van der Waals surface area contributed by atoms with Gasteiger partial charge in [-0.15, -0.1) is 0 Å². The minimum absolute atomic E-state index is 0.0594. The number of rotatable bonds is 6. The normalized spacial score (nSPS) is 11.4. The summed E-state index contributed by atoms with van der Waals surface area (Å²) < 4.78 is 18.0. The van der Waals surface area contributed by atoms with Crippen molar-refractivity contribution in [2.24, 2.45) is 0 Å². The van der Waals surface area contributed by atoms with Gasteiger partial charge in [0.25, 0.3) is 11.8 Å². The number of esters is 1. The first kappa shape index (κ1) is 20.7. The van der Waals surface area contributed by atoms with Crippen LogP contribution in [0.4, 0.5) is 10.1 Å². The van der Waals surface area contributed by atoms with Gasteiger partial charge in [-0.1, -0.05) is 29.3 Å². The molecule has 2 aromatic carbocycles. The Kier molecular flexibility index (Phi) is 7.15. The Morgan fingerprint density at radius 1 is 1.15 bits per heavy atom. The maximum atomic E-state index is 13.1. The second-order valence-electron chi connectivity index (χ2n) is 5.44. The molecular weight excluding hydrogens is 398 g/mol. The number of carbonyl (C=O) groups excluding carboxylic acids is 3. The number of ether oxygens (including phenoxy) is 1. The number of hydrogen-bond acceptors (Lipinski definition) is 4.